The summed E-state index contributed by atoms with van der Waals surface area (Å²) in [6.45, 7) is 7.94. The minimum Gasteiger partial charge on any atom is -0.396 e. The molecule has 0 fully saturated rings. The molecular formula is C14H22FNO. The van der Waals surface area contributed by atoms with Crippen LogP contribution in [0, 0.1) is 18.2 Å². The number of halogens is 1. The van der Waals surface area contributed by atoms with Crippen LogP contribution in [0.2, 0.25) is 0 Å². The molecule has 2 N–H and O–H groups in total. The van der Waals surface area contributed by atoms with Crippen LogP contribution in [0.4, 0.5) is 4.39 Å². The van der Waals surface area contributed by atoms with Gasteiger partial charge < -0.3 is 10.4 Å². The van der Waals surface area contributed by atoms with Crippen LogP contribution in [0.15, 0.2) is 18.2 Å². The summed E-state index contributed by atoms with van der Waals surface area (Å²) in [5, 5.41) is 12.3. The fourth-order valence-electron chi connectivity index (χ4n) is 1.78. The van der Waals surface area contributed by atoms with Crippen molar-refractivity contribution in [3.05, 3.63) is 35.1 Å². The summed E-state index contributed by atoms with van der Waals surface area (Å²) in [5.74, 6) is -0.188. The number of aliphatic hydroxyl groups is 1. The van der Waals surface area contributed by atoms with Crippen LogP contribution in [0.1, 0.15) is 31.4 Å². The Kier molecular flexibility index (Phi) is 5.09. The largest absolute Gasteiger partial charge is 0.396 e. The summed E-state index contributed by atoms with van der Waals surface area (Å²) >= 11 is 0. The molecule has 0 heterocycles. The first-order valence-electron chi connectivity index (χ1n) is 6.01. The number of aliphatic hydroxyl groups excluding tert-OH is 1. The third-order valence-electron chi connectivity index (χ3n) is 3.01. The van der Waals surface area contributed by atoms with Crippen LogP contribution >= 0.6 is 0 Å². The molecule has 0 bridgehead atoms. The Hall–Kier alpha value is -0.930. The molecule has 0 aliphatic rings. The molecule has 0 atom stereocenters. The van der Waals surface area contributed by atoms with E-state index in [1.165, 1.54) is 6.07 Å². The Labute approximate surface area is 103 Å². The third kappa shape index (κ3) is 4.84. The third-order valence-corrected chi connectivity index (χ3v) is 3.01. The van der Waals surface area contributed by atoms with Crippen molar-refractivity contribution in [3.8, 4) is 0 Å². The van der Waals surface area contributed by atoms with Gasteiger partial charge >= 0.3 is 0 Å². The van der Waals surface area contributed by atoms with Crippen molar-refractivity contribution >= 4 is 0 Å². The van der Waals surface area contributed by atoms with Crippen LogP contribution in [0.3, 0.4) is 0 Å². The van der Waals surface area contributed by atoms with Crippen molar-refractivity contribution in [1.82, 2.24) is 5.32 Å². The van der Waals surface area contributed by atoms with E-state index >= 15 is 0 Å². The molecule has 1 rings (SSSR count). The molecule has 0 aliphatic heterocycles. The minimum absolute atomic E-state index is 0.0860. The fraction of sp³-hybridized carbons (Fsp3) is 0.571. The maximum Gasteiger partial charge on any atom is 0.123 e. The minimum atomic E-state index is -0.188. The lowest BCUT2D eigenvalue weighted by Gasteiger charge is -2.24. The quantitative estimate of drug-likeness (QED) is 0.800. The molecule has 1 aromatic rings. The highest BCUT2D eigenvalue weighted by molar-refractivity contribution is 5.26. The smallest absolute Gasteiger partial charge is 0.123 e. The molecule has 0 aliphatic carbocycles. The van der Waals surface area contributed by atoms with Gasteiger partial charge in [0.15, 0.2) is 0 Å². The number of hydrogen-bond donors (Lipinski definition) is 2. The van der Waals surface area contributed by atoms with Crippen molar-refractivity contribution in [1.29, 1.82) is 0 Å². The van der Waals surface area contributed by atoms with E-state index in [0.717, 1.165) is 30.6 Å². The van der Waals surface area contributed by atoms with Crippen LogP contribution in [0.25, 0.3) is 0 Å². The number of benzene rings is 1. The average molecular weight is 239 g/mol. The molecule has 0 aromatic heterocycles. The standard InChI is InChI=1S/C14H22FNO/c1-11-8-13(15)5-4-12(11)9-16-10-14(2,3)6-7-17/h4-5,8,16-17H,6-7,9-10H2,1-3H3. The molecule has 0 saturated carbocycles. The summed E-state index contributed by atoms with van der Waals surface area (Å²) in [7, 11) is 0. The van der Waals surface area contributed by atoms with Gasteiger partial charge in [-0.15, -0.1) is 0 Å². The van der Waals surface area contributed by atoms with Gasteiger partial charge in [0.25, 0.3) is 0 Å². The maximum absolute atomic E-state index is 12.9. The Bertz CT molecular complexity index is 363. The zero-order chi connectivity index (χ0) is 12.9. The summed E-state index contributed by atoms with van der Waals surface area (Å²) in [4.78, 5) is 0. The first kappa shape index (κ1) is 14.1. The molecule has 0 saturated heterocycles. The highest BCUT2D eigenvalue weighted by Gasteiger charge is 2.16. The lowest BCUT2D eigenvalue weighted by atomic mass is 9.89. The van der Waals surface area contributed by atoms with Crippen molar-refractivity contribution in [3.63, 3.8) is 0 Å². The predicted molar refractivity (Wildman–Crippen MR) is 68.3 cm³/mol. The second kappa shape index (κ2) is 6.12. The van der Waals surface area contributed by atoms with Crippen LogP contribution in [-0.4, -0.2) is 18.3 Å². The van der Waals surface area contributed by atoms with E-state index in [9.17, 15) is 4.39 Å². The van der Waals surface area contributed by atoms with Gasteiger partial charge in [0.05, 0.1) is 0 Å². The van der Waals surface area contributed by atoms with E-state index in [1.54, 1.807) is 6.07 Å². The van der Waals surface area contributed by atoms with E-state index in [-0.39, 0.29) is 17.8 Å². The van der Waals surface area contributed by atoms with E-state index in [4.69, 9.17) is 5.11 Å². The van der Waals surface area contributed by atoms with Gasteiger partial charge in [-0.25, -0.2) is 4.39 Å². The Balaban J connectivity index is 2.46. The topological polar surface area (TPSA) is 32.3 Å². The highest BCUT2D eigenvalue weighted by Crippen LogP contribution is 2.18. The fourth-order valence-corrected chi connectivity index (χ4v) is 1.78. The van der Waals surface area contributed by atoms with Crippen molar-refractivity contribution in [2.24, 2.45) is 5.41 Å². The first-order valence-corrected chi connectivity index (χ1v) is 6.01. The van der Waals surface area contributed by atoms with Gasteiger partial charge in [-0.2, -0.15) is 0 Å². The number of rotatable bonds is 6. The van der Waals surface area contributed by atoms with Gasteiger partial charge in [0.2, 0.25) is 0 Å². The number of nitrogens with one attached hydrogen (secondary N) is 1. The molecular weight excluding hydrogens is 217 g/mol. The van der Waals surface area contributed by atoms with E-state index in [0.29, 0.717) is 0 Å². The normalized spacial score (nSPS) is 11.8. The lowest BCUT2D eigenvalue weighted by Crippen LogP contribution is -2.30. The summed E-state index contributed by atoms with van der Waals surface area (Å²) in [6.07, 6.45) is 0.780. The Morgan fingerprint density at radius 2 is 2.06 bits per heavy atom. The SMILES string of the molecule is Cc1cc(F)ccc1CNCC(C)(C)CCO. The van der Waals surface area contributed by atoms with E-state index < -0.39 is 0 Å². The lowest BCUT2D eigenvalue weighted by molar-refractivity contribution is 0.207. The second-order valence-electron chi connectivity index (χ2n) is 5.31. The van der Waals surface area contributed by atoms with Crippen molar-refractivity contribution < 1.29 is 9.50 Å². The number of aryl methyl sites for hydroxylation is 1. The maximum atomic E-state index is 12.9. The zero-order valence-electron chi connectivity index (χ0n) is 10.9. The molecule has 96 valence electrons. The summed E-state index contributed by atoms with van der Waals surface area (Å²) in [6, 6.07) is 4.86. The van der Waals surface area contributed by atoms with Gasteiger partial charge in [0, 0.05) is 19.7 Å². The highest BCUT2D eigenvalue weighted by atomic mass is 19.1. The molecule has 0 radical (unpaired) electrons. The van der Waals surface area contributed by atoms with Gasteiger partial charge in [0.1, 0.15) is 5.82 Å². The molecule has 0 unspecified atom stereocenters. The van der Waals surface area contributed by atoms with Crippen LogP contribution < -0.4 is 5.32 Å². The van der Waals surface area contributed by atoms with Gasteiger partial charge in [-0.1, -0.05) is 19.9 Å². The molecule has 0 amide bonds. The van der Waals surface area contributed by atoms with Gasteiger partial charge in [-0.05, 0) is 42.0 Å². The van der Waals surface area contributed by atoms with Crippen LogP contribution in [-0.2, 0) is 6.54 Å². The molecule has 2 nitrogen and oxygen atoms in total. The summed E-state index contributed by atoms with van der Waals surface area (Å²) < 4.78 is 12.9. The van der Waals surface area contributed by atoms with E-state index in [2.05, 4.69) is 19.2 Å². The predicted octanol–water partition coefficient (Wildman–Crippen LogP) is 2.63. The van der Waals surface area contributed by atoms with E-state index in [1.807, 2.05) is 13.0 Å². The van der Waals surface area contributed by atoms with Crippen LogP contribution in [0.5, 0.6) is 0 Å². The molecule has 17 heavy (non-hydrogen) atoms. The molecule has 0 spiro atoms. The average Bonchev–Trinajstić information content (AvgIpc) is 2.21. The molecule has 1 aromatic carbocycles. The number of hydrogen-bond acceptors (Lipinski definition) is 2. The zero-order valence-corrected chi connectivity index (χ0v) is 10.9. The first-order chi connectivity index (χ1) is 7.94. The molecule has 3 heteroatoms. The Morgan fingerprint density at radius 1 is 1.35 bits per heavy atom. The van der Waals surface area contributed by atoms with Gasteiger partial charge in [-0.3, -0.25) is 0 Å². The van der Waals surface area contributed by atoms with Crippen molar-refractivity contribution in [2.45, 2.75) is 33.7 Å². The van der Waals surface area contributed by atoms with Crippen molar-refractivity contribution in [2.75, 3.05) is 13.2 Å². The summed E-state index contributed by atoms with van der Waals surface area (Å²) in [5.41, 5.74) is 2.17. The Morgan fingerprint density at radius 3 is 2.65 bits per heavy atom. The second-order valence-corrected chi connectivity index (χ2v) is 5.31. The monoisotopic (exact) mass is 239 g/mol.